The molecule has 1 aliphatic heterocycles. The van der Waals surface area contributed by atoms with Gasteiger partial charge in [-0.2, -0.15) is 9.40 Å². The third-order valence-corrected chi connectivity index (χ3v) is 6.71. The summed E-state index contributed by atoms with van der Waals surface area (Å²) in [4.78, 5) is 6.79. The van der Waals surface area contributed by atoms with E-state index in [-0.39, 0.29) is 11.8 Å². The second-order valence-electron chi connectivity index (χ2n) is 6.78. The lowest BCUT2D eigenvalue weighted by Crippen LogP contribution is -2.39. The predicted molar refractivity (Wildman–Crippen MR) is 101 cm³/mol. The smallest absolute Gasteiger partial charge is 0.214 e. The van der Waals surface area contributed by atoms with Crippen LogP contribution in [0.3, 0.4) is 0 Å². The molecular formula is C18H27N5O2S. The predicted octanol–water partition coefficient (Wildman–Crippen LogP) is 2.10. The van der Waals surface area contributed by atoms with Gasteiger partial charge in [-0.25, -0.2) is 13.4 Å². The maximum Gasteiger partial charge on any atom is 0.214 e. The van der Waals surface area contributed by atoms with Gasteiger partial charge in [0.1, 0.15) is 5.82 Å². The quantitative estimate of drug-likeness (QED) is 0.834. The molecular weight excluding hydrogens is 350 g/mol. The summed E-state index contributed by atoms with van der Waals surface area (Å²) in [6, 6.07) is 10.1. The Morgan fingerprint density at radius 2 is 2.00 bits per heavy atom. The summed E-state index contributed by atoms with van der Waals surface area (Å²) >= 11 is 0. The van der Waals surface area contributed by atoms with E-state index in [0.717, 1.165) is 25.3 Å². The van der Waals surface area contributed by atoms with Crippen molar-refractivity contribution in [2.45, 2.75) is 39.3 Å². The number of aromatic amines is 1. The minimum absolute atomic E-state index is 0.158. The highest BCUT2D eigenvalue weighted by Crippen LogP contribution is 2.26. The number of sulfonamides is 1. The lowest BCUT2D eigenvalue weighted by Gasteiger charge is -2.29. The van der Waals surface area contributed by atoms with Gasteiger partial charge in [0.15, 0.2) is 5.82 Å². The molecule has 0 bridgehead atoms. The van der Waals surface area contributed by atoms with Crippen LogP contribution in [-0.2, 0) is 16.6 Å². The first kappa shape index (κ1) is 19.0. The highest BCUT2D eigenvalue weighted by Gasteiger charge is 2.33. The molecule has 2 aromatic rings. The zero-order valence-electron chi connectivity index (χ0n) is 15.4. The van der Waals surface area contributed by atoms with Crippen LogP contribution >= 0.6 is 0 Å². The first-order valence-electron chi connectivity index (χ1n) is 9.14. The fourth-order valence-corrected chi connectivity index (χ4v) is 4.96. The third-order valence-electron chi connectivity index (χ3n) is 4.67. The molecule has 1 atom stereocenters. The Morgan fingerprint density at radius 1 is 1.23 bits per heavy atom. The molecule has 1 fully saturated rings. The van der Waals surface area contributed by atoms with Gasteiger partial charge in [-0.05, 0) is 25.3 Å². The first-order chi connectivity index (χ1) is 12.5. The van der Waals surface area contributed by atoms with Gasteiger partial charge in [0.25, 0.3) is 0 Å². The molecule has 1 N–H and O–H groups in total. The summed E-state index contributed by atoms with van der Waals surface area (Å²) in [6.07, 6.45) is 1.42. The molecule has 142 valence electrons. The zero-order chi connectivity index (χ0) is 18.6. The monoisotopic (exact) mass is 377 g/mol. The minimum Gasteiger partial charge on any atom is -0.288 e. The van der Waals surface area contributed by atoms with E-state index in [4.69, 9.17) is 0 Å². The van der Waals surface area contributed by atoms with E-state index in [1.54, 1.807) is 4.31 Å². The summed E-state index contributed by atoms with van der Waals surface area (Å²) in [5, 5.41) is 7.23. The Morgan fingerprint density at radius 3 is 2.65 bits per heavy atom. The summed E-state index contributed by atoms with van der Waals surface area (Å²) in [7, 11) is -3.25. The molecule has 0 saturated carbocycles. The molecule has 1 saturated heterocycles. The van der Waals surface area contributed by atoms with E-state index in [1.165, 1.54) is 5.56 Å². The van der Waals surface area contributed by atoms with Crippen molar-refractivity contribution < 1.29 is 8.42 Å². The van der Waals surface area contributed by atoms with Gasteiger partial charge in [-0.15, -0.1) is 0 Å². The van der Waals surface area contributed by atoms with Gasteiger partial charge in [-0.1, -0.05) is 37.3 Å². The standard InChI is InChI=1S/C18H27N5O2S/c1-3-12-26(24,25)23-11-7-10-22(13-16-8-5-4-6-9-16)17(14-23)18-19-15(2)20-21-18/h4-6,8-9,17H,3,7,10-14H2,1-2H3,(H,19,20,21). The summed E-state index contributed by atoms with van der Waals surface area (Å²) < 4.78 is 26.9. The maximum atomic E-state index is 12.6. The van der Waals surface area contributed by atoms with E-state index in [9.17, 15) is 8.42 Å². The first-order valence-corrected chi connectivity index (χ1v) is 10.7. The van der Waals surface area contributed by atoms with Gasteiger partial charge in [0.05, 0.1) is 11.8 Å². The highest BCUT2D eigenvalue weighted by molar-refractivity contribution is 7.89. The average molecular weight is 378 g/mol. The highest BCUT2D eigenvalue weighted by atomic mass is 32.2. The van der Waals surface area contributed by atoms with Crippen LogP contribution in [0.25, 0.3) is 0 Å². The number of nitrogens with zero attached hydrogens (tertiary/aromatic N) is 4. The van der Waals surface area contributed by atoms with E-state index < -0.39 is 10.0 Å². The maximum absolute atomic E-state index is 12.6. The van der Waals surface area contributed by atoms with E-state index in [0.29, 0.717) is 25.3 Å². The largest absolute Gasteiger partial charge is 0.288 e. The minimum atomic E-state index is -3.25. The van der Waals surface area contributed by atoms with Crippen LogP contribution < -0.4 is 0 Å². The van der Waals surface area contributed by atoms with Gasteiger partial charge >= 0.3 is 0 Å². The van der Waals surface area contributed by atoms with Gasteiger partial charge in [0, 0.05) is 26.2 Å². The normalized spacial score (nSPS) is 20.2. The van der Waals surface area contributed by atoms with Crippen LogP contribution in [0.5, 0.6) is 0 Å². The molecule has 1 aromatic carbocycles. The topological polar surface area (TPSA) is 82.2 Å². The molecule has 26 heavy (non-hydrogen) atoms. The molecule has 1 unspecified atom stereocenters. The number of nitrogens with one attached hydrogen (secondary N) is 1. The second kappa shape index (κ2) is 8.28. The Bertz CT molecular complexity index is 806. The Balaban J connectivity index is 1.88. The number of hydrogen-bond donors (Lipinski definition) is 1. The van der Waals surface area contributed by atoms with Gasteiger partial charge in [-0.3, -0.25) is 10.00 Å². The summed E-state index contributed by atoms with van der Waals surface area (Å²) in [6.45, 7) is 6.26. The van der Waals surface area contributed by atoms with Crippen molar-refractivity contribution in [3.63, 3.8) is 0 Å². The van der Waals surface area contributed by atoms with Crippen LogP contribution in [0.1, 0.15) is 43.0 Å². The van der Waals surface area contributed by atoms with Gasteiger partial charge < -0.3 is 0 Å². The number of benzene rings is 1. The SMILES string of the molecule is CCCS(=O)(=O)N1CCCN(Cc2ccccc2)C(c2n[nH]c(C)n2)C1. The Hall–Kier alpha value is -1.77. The second-order valence-corrected chi connectivity index (χ2v) is 8.87. The van der Waals surface area contributed by atoms with Crippen molar-refractivity contribution in [3.05, 3.63) is 47.5 Å². The number of hydrogen-bond acceptors (Lipinski definition) is 5. The number of H-pyrrole nitrogens is 1. The van der Waals surface area contributed by atoms with Crippen molar-refractivity contribution in [1.82, 2.24) is 24.4 Å². The Kier molecular flexibility index (Phi) is 6.05. The number of rotatable bonds is 6. The summed E-state index contributed by atoms with van der Waals surface area (Å²) in [5.74, 6) is 1.59. The molecule has 1 aromatic heterocycles. The summed E-state index contributed by atoms with van der Waals surface area (Å²) in [5.41, 5.74) is 1.20. The fourth-order valence-electron chi connectivity index (χ4n) is 3.41. The Labute approximate surface area is 155 Å². The fraction of sp³-hybridized carbons (Fsp3) is 0.556. The molecule has 2 heterocycles. The zero-order valence-corrected chi connectivity index (χ0v) is 16.2. The van der Waals surface area contributed by atoms with E-state index in [2.05, 4.69) is 32.2 Å². The van der Waals surface area contributed by atoms with Crippen LogP contribution in [0.2, 0.25) is 0 Å². The molecule has 7 nitrogen and oxygen atoms in total. The molecule has 0 aliphatic carbocycles. The van der Waals surface area contributed by atoms with E-state index >= 15 is 0 Å². The third kappa shape index (κ3) is 4.49. The van der Waals surface area contributed by atoms with Crippen molar-refractivity contribution in [1.29, 1.82) is 0 Å². The molecule has 8 heteroatoms. The van der Waals surface area contributed by atoms with Crippen molar-refractivity contribution in [3.8, 4) is 0 Å². The van der Waals surface area contributed by atoms with Crippen LogP contribution in [-0.4, -0.2) is 58.2 Å². The molecule has 0 radical (unpaired) electrons. The van der Waals surface area contributed by atoms with Crippen LogP contribution in [0, 0.1) is 6.92 Å². The lowest BCUT2D eigenvalue weighted by molar-refractivity contribution is 0.184. The van der Waals surface area contributed by atoms with Crippen molar-refractivity contribution in [2.24, 2.45) is 0 Å². The number of aryl methyl sites for hydroxylation is 1. The molecule has 0 spiro atoms. The van der Waals surface area contributed by atoms with Crippen LogP contribution in [0.4, 0.5) is 0 Å². The lowest BCUT2D eigenvalue weighted by atomic mass is 10.1. The number of aromatic nitrogens is 3. The molecule has 3 rings (SSSR count). The van der Waals surface area contributed by atoms with Crippen LogP contribution in [0.15, 0.2) is 30.3 Å². The molecule has 0 amide bonds. The average Bonchev–Trinajstić information content (AvgIpc) is 2.92. The van der Waals surface area contributed by atoms with E-state index in [1.807, 2.05) is 32.0 Å². The molecule has 1 aliphatic rings. The van der Waals surface area contributed by atoms with Crippen molar-refractivity contribution in [2.75, 3.05) is 25.4 Å². The van der Waals surface area contributed by atoms with Gasteiger partial charge in [0.2, 0.25) is 10.0 Å². The van der Waals surface area contributed by atoms with Crippen molar-refractivity contribution >= 4 is 10.0 Å².